The summed E-state index contributed by atoms with van der Waals surface area (Å²) in [5.74, 6) is -0.420. The Labute approximate surface area is 160 Å². The van der Waals surface area contributed by atoms with Crippen LogP contribution in [0.1, 0.15) is 44.7 Å². The molecular formula is C20H28FN3O3. The first-order valence-electron chi connectivity index (χ1n) is 9.14. The molecule has 1 heterocycles. The number of ether oxygens (including phenoxy) is 2. The van der Waals surface area contributed by atoms with Crippen LogP contribution in [0, 0.1) is 17.1 Å². The third-order valence-corrected chi connectivity index (χ3v) is 4.57. The highest BCUT2D eigenvalue weighted by molar-refractivity contribution is 5.67. The van der Waals surface area contributed by atoms with Gasteiger partial charge in [-0.3, -0.25) is 4.90 Å². The zero-order valence-electron chi connectivity index (χ0n) is 16.4. The van der Waals surface area contributed by atoms with Crippen LogP contribution in [-0.4, -0.2) is 48.9 Å². The maximum Gasteiger partial charge on any atom is 0.407 e. The van der Waals surface area contributed by atoms with Crippen molar-refractivity contribution < 1.29 is 18.7 Å². The Morgan fingerprint density at radius 3 is 2.81 bits per heavy atom. The van der Waals surface area contributed by atoms with Gasteiger partial charge in [-0.25, -0.2) is 9.18 Å². The third-order valence-electron chi connectivity index (χ3n) is 4.57. The van der Waals surface area contributed by atoms with E-state index in [-0.39, 0.29) is 12.1 Å². The van der Waals surface area contributed by atoms with Crippen LogP contribution in [0.25, 0.3) is 0 Å². The van der Waals surface area contributed by atoms with E-state index >= 15 is 0 Å². The summed E-state index contributed by atoms with van der Waals surface area (Å²) in [6.45, 7) is 7.15. The molecule has 6 nitrogen and oxygen atoms in total. The van der Waals surface area contributed by atoms with Gasteiger partial charge in [0.05, 0.1) is 17.7 Å². The highest BCUT2D eigenvalue weighted by Gasteiger charge is 2.29. The summed E-state index contributed by atoms with van der Waals surface area (Å²) in [4.78, 5) is 14.2. The number of hydrogen-bond donors (Lipinski definition) is 1. The highest BCUT2D eigenvalue weighted by atomic mass is 19.1. The van der Waals surface area contributed by atoms with E-state index in [1.165, 1.54) is 12.1 Å². The molecule has 1 aromatic carbocycles. The number of benzene rings is 1. The molecule has 1 aromatic rings. The summed E-state index contributed by atoms with van der Waals surface area (Å²) < 4.78 is 24.2. The van der Waals surface area contributed by atoms with Gasteiger partial charge in [0.25, 0.3) is 0 Å². The summed E-state index contributed by atoms with van der Waals surface area (Å²) >= 11 is 0. The molecule has 0 bridgehead atoms. The molecule has 0 unspecified atom stereocenters. The van der Waals surface area contributed by atoms with Gasteiger partial charge in [0.2, 0.25) is 0 Å². The number of rotatable bonds is 5. The quantitative estimate of drug-likeness (QED) is 0.853. The van der Waals surface area contributed by atoms with Gasteiger partial charge in [-0.1, -0.05) is 6.07 Å². The van der Waals surface area contributed by atoms with E-state index < -0.39 is 17.5 Å². The minimum absolute atomic E-state index is 0.0350. The predicted octanol–water partition coefficient (Wildman–Crippen LogP) is 3.20. The number of nitriles is 1. The first kappa shape index (κ1) is 21.1. The molecule has 148 valence electrons. The summed E-state index contributed by atoms with van der Waals surface area (Å²) in [5.41, 5.74) is 0.557. The Morgan fingerprint density at radius 2 is 2.19 bits per heavy atom. The zero-order valence-corrected chi connectivity index (χ0v) is 16.4. The average Bonchev–Trinajstić information content (AvgIpc) is 2.60. The number of methoxy groups -OCH3 is 1. The average molecular weight is 377 g/mol. The van der Waals surface area contributed by atoms with E-state index in [0.29, 0.717) is 18.7 Å². The fourth-order valence-electron chi connectivity index (χ4n) is 3.22. The monoisotopic (exact) mass is 377 g/mol. The highest BCUT2D eigenvalue weighted by Crippen LogP contribution is 2.23. The van der Waals surface area contributed by atoms with Crippen molar-refractivity contribution in [2.24, 2.45) is 0 Å². The summed E-state index contributed by atoms with van der Waals surface area (Å²) in [6.07, 6.45) is 1.29. The second kappa shape index (κ2) is 9.16. The van der Waals surface area contributed by atoms with Crippen molar-refractivity contribution in [3.63, 3.8) is 0 Å². The zero-order chi connectivity index (χ0) is 20.0. The summed E-state index contributed by atoms with van der Waals surface area (Å²) in [6, 6.07) is 6.36. The maximum atomic E-state index is 13.4. The van der Waals surface area contributed by atoms with Crippen LogP contribution in [-0.2, 0) is 16.0 Å². The molecule has 1 fully saturated rings. The molecule has 0 aromatic heterocycles. The first-order chi connectivity index (χ1) is 12.7. The van der Waals surface area contributed by atoms with Gasteiger partial charge in [0.1, 0.15) is 11.4 Å². The van der Waals surface area contributed by atoms with Crippen LogP contribution < -0.4 is 5.32 Å². The van der Waals surface area contributed by atoms with Crippen LogP contribution >= 0.6 is 0 Å². The lowest BCUT2D eigenvalue weighted by Gasteiger charge is -2.39. The van der Waals surface area contributed by atoms with Crippen LogP contribution in [0.2, 0.25) is 0 Å². The number of nitrogens with zero attached hydrogens (tertiary/aromatic N) is 2. The fourth-order valence-corrected chi connectivity index (χ4v) is 3.22. The number of hydrogen-bond acceptors (Lipinski definition) is 5. The van der Waals surface area contributed by atoms with Crippen molar-refractivity contribution in [3.8, 4) is 6.07 Å². The lowest BCUT2D eigenvalue weighted by atomic mass is 9.97. The molecule has 1 N–H and O–H groups in total. The molecule has 0 aliphatic carbocycles. The van der Waals surface area contributed by atoms with E-state index in [1.54, 1.807) is 13.2 Å². The lowest BCUT2D eigenvalue weighted by molar-refractivity contribution is 0.00546. The molecule has 1 amide bonds. The van der Waals surface area contributed by atoms with Crippen LogP contribution in [0.4, 0.5) is 9.18 Å². The Morgan fingerprint density at radius 1 is 1.44 bits per heavy atom. The van der Waals surface area contributed by atoms with Crippen molar-refractivity contribution in [2.75, 3.05) is 20.2 Å². The van der Waals surface area contributed by atoms with Gasteiger partial charge in [0.15, 0.2) is 0 Å². The van der Waals surface area contributed by atoms with Gasteiger partial charge in [-0.05, 0) is 51.3 Å². The van der Waals surface area contributed by atoms with Crippen molar-refractivity contribution >= 4 is 6.09 Å². The van der Waals surface area contributed by atoms with Gasteiger partial charge in [-0.15, -0.1) is 0 Å². The molecule has 0 spiro atoms. The molecule has 0 radical (unpaired) electrons. The van der Waals surface area contributed by atoms with Gasteiger partial charge in [0, 0.05) is 32.8 Å². The second-order valence-electron chi connectivity index (χ2n) is 7.80. The van der Waals surface area contributed by atoms with Crippen molar-refractivity contribution in [1.29, 1.82) is 5.26 Å². The molecule has 1 saturated heterocycles. The molecule has 27 heavy (non-hydrogen) atoms. The van der Waals surface area contributed by atoms with Gasteiger partial charge >= 0.3 is 6.09 Å². The standard InChI is InChI=1S/C20H28FN3O3/c1-20(2,3)27-19(25)23-12-17-10-18(26-4)7-8-24(17)13-14-5-6-16(21)9-15(14)11-22/h5-6,9,17-18H,7-8,10,12-13H2,1-4H3,(H,23,25)/t17-,18+/m0/s1. The Balaban J connectivity index is 2.06. The minimum Gasteiger partial charge on any atom is -0.444 e. The third kappa shape index (κ3) is 6.49. The normalized spacial score (nSPS) is 20.7. The van der Waals surface area contributed by atoms with E-state index in [9.17, 15) is 14.4 Å². The van der Waals surface area contributed by atoms with E-state index in [2.05, 4.69) is 16.3 Å². The number of likely N-dealkylation sites (tertiary alicyclic amines) is 1. The number of alkyl carbamates (subject to hydrolysis) is 1. The van der Waals surface area contributed by atoms with Crippen LogP contribution in [0.3, 0.4) is 0 Å². The molecule has 1 aliphatic rings. The molecular weight excluding hydrogens is 349 g/mol. The Hall–Kier alpha value is -2.17. The largest absolute Gasteiger partial charge is 0.444 e. The number of nitrogens with one attached hydrogen (secondary N) is 1. The lowest BCUT2D eigenvalue weighted by Crippen LogP contribution is -2.50. The summed E-state index contributed by atoms with van der Waals surface area (Å²) in [7, 11) is 1.69. The first-order valence-corrected chi connectivity index (χ1v) is 9.14. The van der Waals surface area contributed by atoms with Crippen LogP contribution in [0.5, 0.6) is 0 Å². The molecule has 7 heteroatoms. The minimum atomic E-state index is -0.554. The van der Waals surface area contributed by atoms with Crippen molar-refractivity contribution in [3.05, 3.63) is 35.1 Å². The van der Waals surface area contributed by atoms with Crippen molar-refractivity contribution in [1.82, 2.24) is 10.2 Å². The van der Waals surface area contributed by atoms with Gasteiger partial charge in [-0.2, -0.15) is 5.26 Å². The Kier molecular flexibility index (Phi) is 7.17. The summed E-state index contributed by atoms with van der Waals surface area (Å²) in [5, 5.41) is 12.1. The second-order valence-corrected chi connectivity index (χ2v) is 7.80. The SMILES string of the molecule is CO[C@@H]1CCN(Cc2ccc(F)cc2C#N)[C@H](CNC(=O)OC(C)(C)C)C1. The number of carbonyl (C=O) groups excluding carboxylic acids is 1. The smallest absolute Gasteiger partial charge is 0.407 e. The predicted molar refractivity (Wildman–Crippen MR) is 99.6 cm³/mol. The van der Waals surface area contributed by atoms with E-state index in [1.807, 2.05) is 20.8 Å². The number of halogens is 1. The topological polar surface area (TPSA) is 74.6 Å². The van der Waals surface area contributed by atoms with Gasteiger partial charge < -0.3 is 14.8 Å². The van der Waals surface area contributed by atoms with Crippen LogP contribution in [0.15, 0.2) is 18.2 Å². The molecule has 1 aliphatic heterocycles. The number of carbonyl (C=O) groups is 1. The van der Waals surface area contributed by atoms with E-state index in [4.69, 9.17) is 9.47 Å². The fraction of sp³-hybridized carbons (Fsp3) is 0.600. The molecule has 2 atom stereocenters. The molecule has 2 rings (SSSR count). The molecule has 0 saturated carbocycles. The maximum absolute atomic E-state index is 13.4. The van der Waals surface area contributed by atoms with Crippen molar-refractivity contribution in [2.45, 2.75) is 57.9 Å². The number of piperidine rings is 1. The Bertz CT molecular complexity index is 697. The van der Waals surface area contributed by atoms with E-state index in [0.717, 1.165) is 24.9 Å². The number of amides is 1.